The largest absolute Gasteiger partial charge is 0.497 e. The van der Waals surface area contributed by atoms with Crippen molar-refractivity contribution in [3.8, 4) is 5.75 Å². The van der Waals surface area contributed by atoms with Gasteiger partial charge in [-0.3, -0.25) is 4.90 Å². The van der Waals surface area contributed by atoms with Gasteiger partial charge < -0.3 is 4.74 Å². The average Bonchev–Trinajstić information content (AvgIpc) is 2.43. The fraction of sp³-hybridized carbons (Fsp3) is 0.438. The Morgan fingerprint density at radius 3 is 2.65 bits per heavy atom. The lowest BCUT2D eigenvalue weighted by Crippen LogP contribution is -2.30. The molecule has 2 aromatic rings. The summed E-state index contributed by atoms with van der Waals surface area (Å²) < 4.78 is 5.21. The molecule has 0 radical (unpaired) electrons. The molecule has 3 nitrogen and oxygen atoms in total. The number of halogens is 1. The molecule has 108 valence electrons. The molecular formula is C16H21ClN2O. The summed E-state index contributed by atoms with van der Waals surface area (Å²) in [5.74, 6) is 0.797. The summed E-state index contributed by atoms with van der Waals surface area (Å²) in [5.41, 5.74) is 1.94. The maximum Gasteiger partial charge on any atom is 0.134 e. The lowest BCUT2D eigenvalue weighted by Gasteiger charge is -2.25. The molecule has 0 fully saturated rings. The first-order valence-electron chi connectivity index (χ1n) is 6.92. The number of hydrogen-bond acceptors (Lipinski definition) is 3. The number of fused-ring (bicyclic) bond motifs is 1. The summed E-state index contributed by atoms with van der Waals surface area (Å²) in [6.45, 7) is 8.36. The lowest BCUT2D eigenvalue weighted by molar-refractivity contribution is 0.225. The maximum atomic E-state index is 6.33. The van der Waals surface area contributed by atoms with Crippen LogP contribution in [0.2, 0.25) is 5.15 Å². The predicted molar refractivity (Wildman–Crippen MR) is 84.5 cm³/mol. The average molecular weight is 293 g/mol. The van der Waals surface area contributed by atoms with Crippen LogP contribution >= 0.6 is 11.6 Å². The fourth-order valence-electron chi connectivity index (χ4n) is 2.28. The minimum atomic E-state index is 0.489. The lowest BCUT2D eigenvalue weighted by atomic mass is 10.1. The van der Waals surface area contributed by atoms with Crippen LogP contribution in [0, 0.1) is 0 Å². The predicted octanol–water partition coefficient (Wildman–Crippen LogP) is 4.13. The molecule has 0 atom stereocenters. The van der Waals surface area contributed by atoms with E-state index in [1.54, 1.807) is 7.11 Å². The second kappa shape index (κ2) is 6.42. The molecule has 0 aliphatic carbocycles. The van der Waals surface area contributed by atoms with Crippen molar-refractivity contribution in [1.29, 1.82) is 0 Å². The Hall–Kier alpha value is -1.32. The van der Waals surface area contributed by atoms with Crippen LogP contribution in [0.5, 0.6) is 5.75 Å². The van der Waals surface area contributed by atoms with E-state index in [0.29, 0.717) is 11.2 Å². The Kier molecular flexibility index (Phi) is 4.84. The van der Waals surface area contributed by atoms with Crippen molar-refractivity contribution in [1.82, 2.24) is 9.88 Å². The van der Waals surface area contributed by atoms with Gasteiger partial charge in [0.05, 0.1) is 12.6 Å². The van der Waals surface area contributed by atoms with Gasteiger partial charge in [0.15, 0.2) is 0 Å². The van der Waals surface area contributed by atoms with Crippen LogP contribution in [0.3, 0.4) is 0 Å². The van der Waals surface area contributed by atoms with Crippen molar-refractivity contribution in [3.05, 3.63) is 35.0 Å². The van der Waals surface area contributed by atoms with E-state index in [1.165, 1.54) is 0 Å². The van der Waals surface area contributed by atoms with Crippen LogP contribution < -0.4 is 4.74 Å². The van der Waals surface area contributed by atoms with Crippen LogP contribution in [0.4, 0.5) is 0 Å². The van der Waals surface area contributed by atoms with Crippen molar-refractivity contribution in [2.75, 3.05) is 13.7 Å². The van der Waals surface area contributed by atoms with E-state index in [1.807, 2.05) is 18.2 Å². The third-order valence-corrected chi connectivity index (χ3v) is 3.89. The highest BCUT2D eigenvalue weighted by molar-refractivity contribution is 6.30. The van der Waals surface area contributed by atoms with Gasteiger partial charge in [0.2, 0.25) is 0 Å². The zero-order valence-corrected chi connectivity index (χ0v) is 13.2. The molecule has 0 saturated carbocycles. The Morgan fingerprint density at radius 2 is 2.05 bits per heavy atom. The third-order valence-electron chi connectivity index (χ3n) is 3.56. The van der Waals surface area contributed by atoms with Gasteiger partial charge in [0.25, 0.3) is 0 Å². The van der Waals surface area contributed by atoms with Crippen LogP contribution in [-0.4, -0.2) is 29.6 Å². The molecule has 0 bridgehead atoms. The van der Waals surface area contributed by atoms with Gasteiger partial charge in [-0.2, -0.15) is 0 Å². The van der Waals surface area contributed by atoms with E-state index in [2.05, 4.69) is 36.7 Å². The van der Waals surface area contributed by atoms with Crippen molar-refractivity contribution in [2.24, 2.45) is 0 Å². The Labute approximate surface area is 125 Å². The summed E-state index contributed by atoms with van der Waals surface area (Å²) in [6, 6.07) is 8.48. The first-order valence-corrected chi connectivity index (χ1v) is 7.30. The van der Waals surface area contributed by atoms with Crippen LogP contribution in [0.1, 0.15) is 26.3 Å². The smallest absolute Gasteiger partial charge is 0.134 e. The molecule has 0 aliphatic heterocycles. The molecule has 1 heterocycles. The van der Waals surface area contributed by atoms with Gasteiger partial charge >= 0.3 is 0 Å². The topological polar surface area (TPSA) is 25.4 Å². The SMILES string of the molecule is CCN(Cc1cc2ccc(OC)cc2nc1Cl)C(C)C. The number of pyridine rings is 1. The molecule has 0 amide bonds. The summed E-state index contributed by atoms with van der Waals surface area (Å²) in [4.78, 5) is 6.85. The third kappa shape index (κ3) is 3.22. The number of hydrogen-bond donors (Lipinski definition) is 0. The Morgan fingerprint density at radius 1 is 1.30 bits per heavy atom. The molecule has 2 rings (SSSR count). The van der Waals surface area contributed by atoms with Gasteiger partial charge in [-0.05, 0) is 38.6 Å². The van der Waals surface area contributed by atoms with E-state index in [0.717, 1.165) is 35.3 Å². The zero-order valence-electron chi connectivity index (χ0n) is 12.5. The van der Waals surface area contributed by atoms with Gasteiger partial charge in [-0.1, -0.05) is 18.5 Å². The summed E-state index contributed by atoms with van der Waals surface area (Å²) in [7, 11) is 1.65. The fourth-order valence-corrected chi connectivity index (χ4v) is 2.49. The van der Waals surface area contributed by atoms with Gasteiger partial charge in [0, 0.05) is 29.6 Å². The van der Waals surface area contributed by atoms with Crippen molar-refractivity contribution in [3.63, 3.8) is 0 Å². The number of ether oxygens (including phenoxy) is 1. The van der Waals surface area contributed by atoms with E-state index < -0.39 is 0 Å². The number of aromatic nitrogens is 1. The van der Waals surface area contributed by atoms with Gasteiger partial charge in [-0.15, -0.1) is 0 Å². The van der Waals surface area contributed by atoms with E-state index in [9.17, 15) is 0 Å². The monoisotopic (exact) mass is 292 g/mol. The summed E-state index contributed by atoms with van der Waals surface area (Å²) >= 11 is 6.33. The molecule has 0 N–H and O–H groups in total. The zero-order chi connectivity index (χ0) is 14.7. The van der Waals surface area contributed by atoms with Crippen molar-refractivity contribution >= 4 is 22.5 Å². The Balaban J connectivity index is 2.37. The summed E-state index contributed by atoms with van der Waals surface area (Å²) in [6.07, 6.45) is 0. The first kappa shape index (κ1) is 15.1. The van der Waals surface area contributed by atoms with E-state index >= 15 is 0 Å². The van der Waals surface area contributed by atoms with Crippen molar-refractivity contribution < 1.29 is 4.74 Å². The highest BCUT2D eigenvalue weighted by atomic mass is 35.5. The molecule has 0 spiro atoms. The molecule has 4 heteroatoms. The Bertz CT molecular complexity index is 598. The van der Waals surface area contributed by atoms with Gasteiger partial charge in [0.1, 0.15) is 10.9 Å². The molecule has 1 aromatic heterocycles. The van der Waals surface area contributed by atoms with Crippen LogP contribution in [0.15, 0.2) is 24.3 Å². The highest BCUT2D eigenvalue weighted by Gasteiger charge is 2.12. The van der Waals surface area contributed by atoms with E-state index in [-0.39, 0.29) is 0 Å². The van der Waals surface area contributed by atoms with E-state index in [4.69, 9.17) is 16.3 Å². The number of methoxy groups -OCH3 is 1. The normalized spacial score (nSPS) is 11.6. The molecule has 0 saturated heterocycles. The van der Waals surface area contributed by atoms with Crippen LogP contribution in [0.25, 0.3) is 10.9 Å². The maximum absolute atomic E-state index is 6.33. The highest BCUT2D eigenvalue weighted by Crippen LogP contribution is 2.25. The first-order chi connectivity index (χ1) is 9.55. The quantitative estimate of drug-likeness (QED) is 0.775. The standard InChI is InChI=1S/C16H21ClN2O/c1-5-19(11(2)3)10-13-8-12-6-7-14(20-4)9-15(12)18-16(13)17/h6-9,11H,5,10H2,1-4H3. The minimum Gasteiger partial charge on any atom is -0.497 e. The second-order valence-corrected chi connectivity index (χ2v) is 5.51. The van der Waals surface area contributed by atoms with Crippen LogP contribution in [-0.2, 0) is 6.54 Å². The molecule has 0 unspecified atom stereocenters. The number of benzene rings is 1. The second-order valence-electron chi connectivity index (χ2n) is 5.15. The summed E-state index contributed by atoms with van der Waals surface area (Å²) in [5, 5.41) is 1.66. The molecule has 0 aliphatic rings. The number of nitrogens with zero attached hydrogens (tertiary/aromatic N) is 2. The molecule has 1 aromatic carbocycles. The van der Waals surface area contributed by atoms with Crippen molar-refractivity contribution in [2.45, 2.75) is 33.4 Å². The minimum absolute atomic E-state index is 0.489. The molecule has 20 heavy (non-hydrogen) atoms. The van der Waals surface area contributed by atoms with Gasteiger partial charge in [-0.25, -0.2) is 4.98 Å². The number of rotatable bonds is 5. The molecular weight excluding hydrogens is 272 g/mol.